The molecule has 0 aliphatic rings. The van der Waals surface area contributed by atoms with Crippen molar-refractivity contribution in [3.05, 3.63) is 65.5 Å². The molecule has 2 nitrogen and oxygen atoms in total. The van der Waals surface area contributed by atoms with E-state index >= 15 is 0 Å². The SMILES string of the molecule is O=C(Nc1ccc2sccc2c1)C(S)Cc1ccccc1. The van der Waals surface area contributed by atoms with E-state index in [0.29, 0.717) is 6.42 Å². The first-order chi connectivity index (χ1) is 10.2. The van der Waals surface area contributed by atoms with Crippen molar-refractivity contribution in [1.82, 2.24) is 0 Å². The minimum absolute atomic E-state index is 0.0724. The summed E-state index contributed by atoms with van der Waals surface area (Å²) < 4.78 is 1.22. The highest BCUT2D eigenvalue weighted by Crippen LogP contribution is 2.24. The summed E-state index contributed by atoms with van der Waals surface area (Å²) in [5.74, 6) is -0.0724. The monoisotopic (exact) mass is 313 g/mol. The van der Waals surface area contributed by atoms with E-state index < -0.39 is 0 Å². The van der Waals surface area contributed by atoms with E-state index in [1.165, 1.54) is 4.70 Å². The van der Waals surface area contributed by atoms with Crippen molar-refractivity contribution < 1.29 is 4.79 Å². The summed E-state index contributed by atoms with van der Waals surface area (Å²) >= 11 is 6.11. The van der Waals surface area contributed by atoms with E-state index in [1.54, 1.807) is 11.3 Å². The number of amides is 1. The zero-order valence-corrected chi connectivity index (χ0v) is 13.0. The molecule has 0 saturated heterocycles. The molecule has 1 heterocycles. The maximum Gasteiger partial charge on any atom is 0.237 e. The van der Waals surface area contributed by atoms with Crippen LogP contribution in [0.15, 0.2) is 60.0 Å². The fraction of sp³-hybridized carbons (Fsp3) is 0.118. The largest absolute Gasteiger partial charge is 0.325 e. The summed E-state index contributed by atoms with van der Waals surface area (Å²) in [6.07, 6.45) is 0.622. The lowest BCUT2D eigenvalue weighted by atomic mass is 10.1. The van der Waals surface area contributed by atoms with Gasteiger partial charge in [0.15, 0.2) is 0 Å². The number of anilines is 1. The van der Waals surface area contributed by atoms with Gasteiger partial charge in [-0.1, -0.05) is 30.3 Å². The Hall–Kier alpha value is -1.78. The van der Waals surface area contributed by atoms with Crippen molar-refractivity contribution in [1.29, 1.82) is 0 Å². The molecule has 1 atom stereocenters. The van der Waals surface area contributed by atoms with Gasteiger partial charge in [-0.3, -0.25) is 4.79 Å². The number of thiophene rings is 1. The van der Waals surface area contributed by atoms with Crippen molar-refractivity contribution in [2.75, 3.05) is 5.32 Å². The molecule has 0 bridgehead atoms. The molecule has 0 radical (unpaired) electrons. The number of thiol groups is 1. The lowest BCUT2D eigenvalue weighted by molar-refractivity contribution is -0.115. The quantitative estimate of drug-likeness (QED) is 0.688. The van der Waals surface area contributed by atoms with Crippen LogP contribution < -0.4 is 5.32 Å². The molecule has 0 aliphatic carbocycles. The lowest BCUT2D eigenvalue weighted by Crippen LogP contribution is -2.25. The van der Waals surface area contributed by atoms with E-state index in [1.807, 2.05) is 53.9 Å². The summed E-state index contributed by atoms with van der Waals surface area (Å²) in [5, 5.41) is 5.78. The van der Waals surface area contributed by atoms with E-state index in [2.05, 4.69) is 24.0 Å². The van der Waals surface area contributed by atoms with Crippen LogP contribution in [-0.2, 0) is 11.2 Å². The third-order valence-corrected chi connectivity index (χ3v) is 4.61. The van der Waals surface area contributed by atoms with Crippen molar-refractivity contribution >= 4 is 45.6 Å². The molecule has 0 saturated carbocycles. The number of benzene rings is 2. The topological polar surface area (TPSA) is 29.1 Å². The van der Waals surface area contributed by atoms with Gasteiger partial charge in [0, 0.05) is 10.4 Å². The number of hydrogen-bond donors (Lipinski definition) is 2. The summed E-state index contributed by atoms with van der Waals surface area (Å²) in [6.45, 7) is 0. The first kappa shape index (κ1) is 14.2. The molecule has 1 amide bonds. The highest BCUT2D eigenvalue weighted by Gasteiger charge is 2.14. The summed E-state index contributed by atoms with van der Waals surface area (Å²) in [6, 6.07) is 17.9. The van der Waals surface area contributed by atoms with Crippen molar-refractivity contribution in [3.8, 4) is 0 Å². The third-order valence-electron chi connectivity index (χ3n) is 3.29. The van der Waals surface area contributed by atoms with Gasteiger partial charge >= 0.3 is 0 Å². The van der Waals surface area contributed by atoms with Gasteiger partial charge in [-0.25, -0.2) is 0 Å². The molecule has 0 aliphatic heterocycles. The molecular formula is C17H15NOS2. The zero-order valence-electron chi connectivity index (χ0n) is 11.3. The second-order valence-corrected chi connectivity index (χ2v) is 6.44. The molecule has 2 aromatic carbocycles. The van der Waals surface area contributed by atoms with Crippen molar-refractivity contribution in [3.63, 3.8) is 0 Å². The molecule has 0 spiro atoms. The van der Waals surface area contributed by atoms with Gasteiger partial charge in [0.2, 0.25) is 5.91 Å². The summed E-state index contributed by atoms with van der Waals surface area (Å²) in [7, 11) is 0. The minimum Gasteiger partial charge on any atom is -0.325 e. The zero-order chi connectivity index (χ0) is 14.7. The van der Waals surface area contributed by atoms with Crippen LogP contribution in [0, 0.1) is 0 Å². The molecule has 106 valence electrons. The number of hydrogen-bond acceptors (Lipinski definition) is 3. The first-order valence-corrected chi connectivity index (χ1v) is 8.12. The standard InChI is InChI=1S/C17H15NOS2/c19-17(15(20)10-12-4-2-1-3-5-12)18-14-6-7-16-13(11-14)8-9-21-16/h1-9,11,15,20H,10H2,(H,18,19). The molecule has 0 fully saturated rings. The number of rotatable bonds is 4. The van der Waals surface area contributed by atoms with Crippen LogP contribution >= 0.6 is 24.0 Å². The Morgan fingerprint density at radius 3 is 2.76 bits per heavy atom. The molecule has 4 heteroatoms. The highest BCUT2D eigenvalue weighted by molar-refractivity contribution is 7.81. The average Bonchev–Trinajstić information content (AvgIpc) is 2.95. The van der Waals surface area contributed by atoms with E-state index in [0.717, 1.165) is 16.6 Å². The molecular weight excluding hydrogens is 298 g/mol. The van der Waals surface area contributed by atoms with Crippen molar-refractivity contribution in [2.24, 2.45) is 0 Å². The minimum atomic E-state index is -0.356. The average molecular weight is 313 g/mol. The second-order valence-electron chi connectivity index (χ2n) is 4.87. The molecule has 1 N–H and O–H groups in total. The number of carbonyl (C=O) groups is 1. The normalized spacial score (nSPS) is 12.2. The Labute approximate surface area is 133 Å². The summed E-state index contributed by atoms with van der Waals surface area (Å²) in [4.78, 5) is 12.2. The Morgan fingerprint density at radius 1 is 1.14 bits per heavy atom. The van der Waals surface area contributed by atoms with Gasteiger partial charge in [0.1, 0.15) is 0 Å². The lowest BCUT2D eigenvalue weighted by Gasteiger charge is -2.12. The number of nitrogens with one attached hydrogen (secondary N) is 1. The van der Waals surface area contributed by atoms with Gasteiger partial charge < -0.3 is 5.32 Å². The van der Waals surface area contributed by atoms with Crippen LogP contribution in [0.5, 0.6) is 0 Å². The molecule has 3 rings (SSSR count). The van der Waals surface area contributed by atoms with Crippen LogP contribution in [0.3, 0.4) is 0 Å². The third kappa shape index (κ3) is 3.46. The van der Waals surface area contributed by atoms with E-state index in [4.69, 9.17) is 0 Å². The van der Waals surface area contributed by atoms with E-state index in [9.17, 15) is 4.79 Å². The molecule has 3 aromatic rings. The van der Waals surface area contributed by atoms with Crippen LogP contribution in [0.25, 0.3) is 10.1 Å². The van der Waals surface area contributed by atoms with Gasteiger partial charge in [0.25, 0.3) is 0 Å². The van der Waals surface area contributed by atoms with Crippen LogP contribution in [0.1, 0.15) is 5.56 Å². The van der Waals surface area contributed by atoms with Crippen LogP contribution in [-0.4, -0.2) is 11.2 Å². The highest BCUT2D eigenvalue weighted by atomic mass is 32.1. The number of fused-ring (bicyclic) bond motifs is 1. The number of carbonyl (C=O) groups excluding carboxylic acids is 1. The van der Waals surface area contributed by atoms with Gasteiger partial charge in [-0.2, -0.15) is 12.6 Å². The van der Waals surface area contributed by atoms with E-state index in [-0.39, 0.29) is 11.2 Å². The second kappa shape index (κ2) is 6.33. The first-order valence-electron chi connectivity index (χ1n) is 6.72. The maximum absolute atomic E-state index is 12.2. The fourth-order valence-electron chi connectivity index (χ4n) is 2.20. The van der Waals surface area contributed by atoms with Gasteiger partial charge in [-0.05, 0) is 47.0 Å². The Morgan fingerprint density at radius 2 is 1.95 bits per heavy atom. The van der Waals surface area contributed by atoms with Crippen LogP contribution in [0.4, 0.5) is 5.69 Å². The predicted molar refractivity (Wildman–Crippen MR) is 93.4 cm³/mol. The Balaban J connectivity index is 1.67. The van der Waals surface area contributed by atoms with Gasteiger partial charge in [-0.15, -0.1) is 11.3 Å². The van der Waals surface area contributed by atoms with Crippen LogP contribution in [0.2, 0.25) is 0 Å². The molecule has 1 aromatic heterocycles. The Bertz CT molecular complexity index is 752. The van der Waals surface area contributed by atoms with Crippen molar-refractivity contribution in [2.45, 2.75) is 11.7 Å². The van der Waals surface area contributed by atoms with Gasteiger partial charge in [0.05, 0.1) is 5.25 Å². The fourth-order valence-corrected chi connectivity index (χ4v) is 3.25. The molecule has 21 heavy (non-hydrogen) atoms. The smallest absolute Gasteiger partial charge is 0.237 e. The summed E-state index contributed by atoms with van der Waals surface area (Å²) in [5.41, 5.74) is 1.93. The maximum atomic E-state index is 12.2. The Kier molecular flexibility index (Phi) is 4.27. The molecule has 1 unspecified atom stereocenters. The predicted octanol–water partition coefficient (Wildman–Crippen LogP) is 4.38.